The van der Waals surface area contributed by atoms with Gasteiger partial charge in [-0.2, -0.15) is 0 Å². The molecule has 0 aromatic heterocycles. The Bertz CT molecular complexity index is 749. The van der Waals surface area contributed by atoms with Crippen LogP contribution in [0.4, 0.5) is 4.79 Å². The maximum atomic E-state index is 12.5. The minimum absolute atomic E-state index is 0.0232. The van der Waals surface area contributed by atoms with Gasteiger partial charge >= 0.3 is 12.0 Å². The van der Waals surface area contributed by atoms with E-state index in [0.717, 1.165) is 25.7 Å². The molecular formula is C20H27N3O5S. The highest BCUT2D eigenvalue weighted by Crippen LogP contribution is 2.26. The van der Waals surface area contributed by atoms with E-state index in [1.54, 1.807) is 24.3 Å². The first kappa shape index (κ1) is 22.7. The zero-order valence-electron chi connectivity index (χ0n) is 16.7. The van der Waals surface area contributed by atoms with Crippen molar-refractivity contribution in [3.05, 3.63) is 29.8 Å². The van der Waals surface area contributed by atoms with E-state index >= 15 is 0 Å². The van der Waals surface area contributed by atoms with Crippen LogP contribution in [0.15, 0.2) is 29.2 Å². The fourth-order valence-electron chi connectivity index (χ4n) is 3.11. The highest BCUT2D eigenvalue weighted by atomic mass is 32.2. The van der Waals surface area contributed by atoms with Crippen LogP contribution in [0.1, 0.15) is 42.5 Å². The number of carbonyl (C=O) groups excluding carboxylic acids is 4. The summed E-state index contributed by atoms with van der Waals surface area (Å²) in [5.74, 6) is -1.18. The first-order valence-corrected chi connectivity index (χ1v) is 10.6. The van der Waals surface area contributed by atoms with E-state index in [1.807, 2.05) is 17.3 Å². The number of urea groups is 1. The molecule has 0 spiro atoms. The largest absolute Gasteiger partial charge is 0.452 e. The molecule has 1 aromatic rings. The molecule has 2 rings (SSSR count). The lowest BCUT2D eigenvalue weighted by Crippen LogP contribution is -2.39. The second kappa shape index (κ2) is 11.5. The molecule has 0 atom stereocenters. The molecule has 9 heteroatoms. The molecule has 0 radical (unpaired) electrons. The number of ether oxygens (including phenoxy) is 1. The number of imide groups is 1. The van der Waals surface area contributed by atoms with Crippen molar-refractivity contribution in [2.45, 2.75) is 43.0 Å². The van der Waals surface area contributed by atoms with Crippen molar-refractivity contribution in [2.75, 3.05) is 26.5 Å². The van der Waals surface area contributed by atoms with Gasteiger partial charge in [0.25, 0.3) is 5.91 Å². The molecule has 0 bridgehead atoms. The van der Waals surface area contributed by atoms with Crippen LogP contribution in [0.25, 0.3) is 0 Å². The van der Waals surface area contributed by atoms with Gasteiger partial charge < -0.3 is 15.0 Å². The van der Waals surface area contributed by atoms with Crippen molar-refractivity contribution >= 4 is 35.6 Å². The Kier molecular flexibility index (Phi) is 8.98. The van der Waals surface area contributed by atoms with Crippen molar-refractivity contribution in [3.63, 3.8) is 0 Å². The van der Waals surface area contributed by atoms with Gasteiger partial charge in [0.05, 0.1) is 11.3 Å². The lowest BCUT2D eigenvalue weighted by atomic mass is 9.94. The van der Waals surface area contributed by atoms with Crippen LogP contribution < -0.4 is 10.6 Å². The van der Waals surface area contributed by atoms with Crippen LogP contribution in [-0.4, -0.2) is 61.2 Å². The van der Waals surface area contributed by atoms with Crippen molar-refractivity contribution in [1.82, 2.24) is 15.5 Å². The molecule has 1 aliphatic carbocycles. The van der Waals surface area contributed by atoms with E-state index in [1.165, 1.54) is 25.2 Å². The molecule has 4 amide bonds. The summed E-state index contributed by atoms with van der Waals surface area (Å²) in [5.41, 5.74) is 0.276. The maximum absolute atomic E-state index is 12.5. The number of rotatable bonds is 7. The number of nitrogens with zero attached hydrogens (tertiary/aromatic N) is 1. The quantitative estimate of drug-likeness (QED) is 0.517. The lowest BCUT2D eigenvalue weighted by molar-refractivity contribution is -0.129. The minimum atomic E-state index is -0.730. The maximum Gasteiger partial charge on any atom is 0.339 e. The number of carbonyl (C=O) groups is 4. The second-order valence-electron chi connectivity index (χ2n) is 6.78. The molecule has 1 aliphatic rings. The Morgan fingerprint density at radius 2 is 1.83 bits per heavy atom. The van der Waals surface area contributed by atoms with E-state index in [2.05, 4.69) is 5.32 Å². The van der Waals surface area contributed by atoms with Gasteiger partial charge in [-0.3, -0.25) is 14.9 Å². The van der Waals surface area contributed by atoms with Gasteiger partial charge in [0.2, 0.25) is 5.91 Å². The number of amides is 4. The highest BCUT2D eigenvalue weighted by molar-refractivity contribution is 8.00. The topological polar surface area (TPSA) is 105 Å². The highest BCUT2D eigenvalue weighted by Gasteiger charge is 2.23. The molecule has 0 unspecified atom stereocenters. The Morgan fingerprint density at radius 3 is 2.52 bits per heavy atom. The van der Waals surface area contributed by atoms with Crippen LogP contribution >= 0.6 is 11.8 Å². The van der Waals surface area contributed by atoms with Gasteiger partial charge in [0.15, 0.2) is 6.61 Å². The number of nitrogens with one attached hydrogen (secondary N) is 2. The first-order valence-electron chi connectivity index (χ1n) is 9.58. The van der Waals surface area contributed by atoms with E-state index in [4.69, 9.17) is 4.74 Å². The molecule has 29 heavy (non-hydrogen) atoms. The van der Waals surface area contributed by atoms with Crippen LogP contribution in [-0.2, 0) is 14.3 Å². The average molecular weight is 422 g/mol. The van der Waals surface area contributed by atoms with Gasteiger partial charge in [-0.1, -0.05) is 31.4 Å². The van der Waals surface area contributed by atoms with E-state index in [0.29, 0.717) is 4.90 Å². The van der Waals surface area contributed by atoms with Crippen LogP contribution in [0.2, 0.25) is 0 Å². The van der Waals surface area contributed by atoms with Gasteiger partial charge in [-0.25, -0.2) is 9.59 Å². The van der Waals surface area contributed by atoms with E-state index in [9.17, 15) is 19.2 Å². The third kappa shape index (κ3) is 7.08. The summed E-state index contributed by atoms with van der Waals surface area (Å²) in [6.45, 7) is -0.575. The minimum Gasteiger partial charge on any atom is -0.452 e. The fourth-order valence-corrected chi connectivity index (χ4v) is 4.07. The smallest absolute Gasteiger partial charge is 0.339 e. The Balaban J connectivity index is 1.90. The van der Waals surface area contributed by atoms with Crippen molar-refractivity contribution < 1.29 is 23.9 Å². The van der Waals surface area contributed by atoms with E-state index in [-0.39, 0.29) is 23.3 Å². The predicted octanol–water partition coefficient (Wildman–Crippen LogP) is 2.18. The Hall–Kier alpha value is -2.55. The molecule has 0 heterocycles. The summed E-state index contributed by atoms with van der Waals surface area (Å²) in [4.78, 5) is 50.0. The van der Waals surface area contributed by atoms with Crippen LogP contribution in [0.5, 0.6) is 0 Å². The zero-order chi connectivity index (χ0) is 21.2. The van der Waals surface area contributed by atoms with Crippen molar-refractivity contribution in [3.8, 4) is 0 Å². The number of hydrogen-bond acceptors (Lipinski definition) is 6. The van der Waals surface area contributed by atoms with Crippen LogP contribution in [0, 0.1) is 0 Å². The normalized spacial score (nSPS) is 14.0. The van der Waals surface area contributed by atoms with Crippen molar-refractivity contribution in [1.29, 1.82) is 0 Å². The summed E-state index contributed by atoms with van der Waals surface area (Å²) in [6.07, 6.45) is 5.60. The first-order chi connectivity index (χ1) is 13.9. The number of hydrogen-bond donors (Lipinski definition) is 2. The molecule has 1 aromatic carbocycles. The molecule has 1 fully saturated rings. The zero-order valence-corrected chi connectivity index (χ0v) is 17.5. The van der Waals surface area contributed by atoms with Gasteiger partial charge in [-0.05, 0) is 25.0 Å². The third-order valence-corrected chi connectivity index (χ3v) is 5.85. The standard InChI is InChI=1S/C20H27N3O5S/c1-21-20(27)22-17(24)12-28-19(26)15-10-6-7-11-16(15)29-13-18(25)23(2)14-8-4-3-5-9-14/h6-7,10-11,14H,3-5,8-9,12-13H2,1-2H3,(H2,21,22,24,27). The van der Waals surface area contributed by atoms with E-state index < -0.39 is 24.5 Å². The average Bonchev–Trinajstić information content (AvgIpc) is 2.75. The SMILES string of the molecule is CNC(=O)NC(=O)COC(=O)c1ccccc1SCC(=O)N(C)C1CCCCC1. The van der Waals surface area contributed by atoms with Gasteiger partial charge in [0, 0.05) is 25.0 Å². The summed E-state index contributed by atoms with van der Waals surface area (Å²) in [5, 5.41) is 4.25. The number of esters is 1. The van der Waals surface area contributed by atoms with Crippen molar-refractivity contribution in [2.24, 2.45) is 0 Å². The number of thioether (sulfide) groups is 1. The summed E-state index contributed by atoms with van der Waals surface area (Å²) < 4.78 is 4.99. The predicted molar refractivity (Wildman–Crippen MR) is 110 cm³/mol. The summed E-state index contributed by atoms with van der Waals surface area (Å²) in [7, 11) is 3.21. The molecule has 8 nitrogen and oxygen atoms in total. The molecule has 0 saturated heterocycles. The van der Waals surface area contributed by atoms with Crippen LogP contribution in [0.3, 0.4) is 0 Å². The Morgan fingerprint density at radius 1 is 1.14 bits per heavy atom. The fraction of sp³-hybridized carbons (Fsp3) is 0.500. The second-order valence-corrected chi connectivity index (χ2v) is 7.80. The third-order valence-electron chi connectivity index (χ3n) is 4.79. The molecule has 1 saturated carbocycles. The molecular weight excluding hydrogens is 394 g/mol. The molecule has 158 valence electrons. The lowest BCUT2D eigenvalue weighted by Gasteiger charge is -2.31. The molecule has 2 N–H and O–H groups in total. The summed E-state index contributed by atoms with van der Waals surface area (Å²) in [6, 6.07) is 6.38. The van der Waals surface area contributed by atoms with Gasteiger partial charge in [-0.15, -0.1) is 11.8 Å². The monoisotopic (exact) mass is 421 g/mol. The summed E-state index contributed by atoms with van der Waals surface area (Å²) >= 11 is 1.27. The van der Waals surface area contributed by atoms with Gasteiger partial charge in [0.1, 0.15) is 0 Å². The molecule has 0 aliphatic heterocycles. The number of benzene rings is 1. The Labute approximate surface area is 174 Å².